The van der Waals surface area contributed by atoms with Crippen LogP contribution in [0.1, 0.15) is 54.8 Å². The Morgan fingerprint density at radius 3 is 2.59 bits per heavy atom. The number of allylic oxidation sites excluding steroid dienone is 2. The summed E-state index contributed by atoms with van der Waals surface area (Å²) in [5, 5.41) is 6.94. The number of hydrogen-bond donors (Lipinski definition) is 1. The quantitative estimate of drug-likeness (QED) is 0.287. The van der Waals surface area contributed by atoms with Crippen molar-refractivity contribution in [3.63, 3.8) is 0 Å². The van der Waals surface area contributed by atoms with Gasteiger partial charge < -0.3 is 14.7 Å². The van der Waals surface area contributed by atoms with E-state index in [4.69, 9.17) is 4.52 Å². The Morgan fingerprint density at radius 2 is 1.90 bits per heavy atom. The smallest absolute Gasteiger partial charge is 0.221 e. The standard InChI is InChI=1S/C29H29F2N5O3/c30-20-6-7-21(22(31)13-20)25-14-23(35-39-25)24(37)3-1-8-28(17-36(18-28)16-19-4-5-19)15-26(38)34-29(9-10-29)27-32-11-2-12-33-27/h1-3,6-7,11-14,19H,4-5,8-10,15-18H2,(H,34,38)/b3-1+. The molecule has 0 radical (unpaired) electrons. The molecule has 8 nitrogen and oxygen atoms in total. The minimum absolute atomic E-state index is 0.0245. The molecule has 1 saturated heterocycles. The SMILES string of the molecule is O=C(CC1(C/C=C/C(=O)c2cc(-c3ccc(F)cc3F)on2)CN(CC2CC2)C1)NC1(c2ncccn2)CC1. The highest BCUT2D eigenvalue weighted by Gasteiger charge is 2.50. The molecule has 0 spiro atoms. The molecule has 202 valence electrons. The molecule has 0 bridgehead atoms. The maximum Gasteiger partial charge on any atom is 0.221 e. The summed E-state index contributed by atoms with van der Waals surface area (Å²) in [6.07, 6.45) is 11.6. The van der Waals surface area contributed by atoms with Crippen LogP contribution in [0, 0.1) is 23.0 Å². The Bertz CT molecular complexity index is 1410. The van der Waals surface area contributed by atoms with Crippen molar-refractivity contribution in [3.8, 4) is 11.3 Å². The van der Waals surface area contributed by atoms with Gasteiger partial charge in [-0.05, 0) is 62.3 Å². The van der Waals surface area contributed by atoms with E-state index in [-0.39, 0.29) is 34.1 Å². The van der Waals surface area contributed by atoms with Crippen molar-refractivity contribution in [1.29, 1.82) is 0 Å². The predicted molar refractivity (Wildman–Crippen MR) is 137 cm³/mol. The van der Waals surface area contributed by atoms with E-state index in [1.165, 1.54) is 31.1 Å². The molecule has 0 atom stereocenters. The number of aromatic nitrogens is 3. The lowest BCUT2D eigenvalue weighted by Crippen LogP contribution is -2.58. The Hall–Kier alpha value is -3.79. The number of ketones is 1. The third-order valence-corrected chi connectivity index (χ3v) is 7.77. The van der Waals surface area contributed by atoms with Gasteiger partial charge in [0.05, 0.1) is 11.1 Å². The van der Waals surface area contributed by atoms with Crippen molar-refractivity contribution >= 4 is 11.7 Å². The molecule has 1 amide bonds. The van der Waals surface area contributed by atoms with Crippen LogP contribution >= 0.6 is 0 Å². The second-order valence-electron chi connectivity index (χ2n) is 11.2. The lowest BCUT2D eigenvalue weighted by Gasteiger charge is -2.50. The van der Waals surface area contributed by atoms with Gasteiger partial charge in [0.2, 0.25) is 11.7 Å². The van der Waals surface area contributed by atoms with Gasteiger partial charge in [-0.25, -0.2) is 18.7 Å². The van der Waals surface area contributed by atoms with Gasteiger partial charge in [0.15, 0.2) is 17.3 Å². The molecular formula is C29H29F2N5O3. The zero-order chi connectivity index (χ0) is 27.0. The lowest BCUT2D eigenvalue weighted by atomic mass is 9.73. The number of nitrogens with zero attached hydrogens (tertiary/aromatic N) is 4. The summed E-state index contributed by atoms with van der Waals surface area (Å²) < 4.78 is 32.4. The number of benzene rings is 1. The molecule has 2 saturated carbocycles. The number of nitrogens with one attached hydrogen (secondary N) is 1. The molecule has 2 aromatic heterocycles. The average Bonchev–Trinajstić information content (AvgIpc) is 3.82. The monoisotopic (exact) mass is 533 g/mol. The Balaban J connectivity index is 1.10. The zero-order valence-electron chi connectivity index (χ0n) is 21.4. The largest absolute Gasteiger partial charge is 0.355 e. The number of carbonyl (C=O) groups excluding carboxylic acids is 2. The van der Waals surface area contributed by atoms with Crippen LogP contribution in [0.2, 0.25) is 0 Å². The fourth-order valence-corrected chi connectivity index (χ4v) is 5.45. The van der Waals surface area contributed by atoms with Gasteiger partial charge in [-0.1, -0.05) is 11.2 Å². The van der Waals surface area contributed by atoms with E-state index in [0.29, 0.717) is 18.7 Å². The highest BCUT2D eigenvalue weighted by Crippen LogP contribution is 2.45. The molecule has 1 aromatic carbocycles. The minimum Gasteiger partial charge on any atom is -0.355 e. The molecule has 1 aliphatic heterocycles. The van der Waals surface area contributed by atoms with E-state index >= 15 is 0 Å². The summed E-state index contributed by atoms with van der Waals surface area (Å²) in [4.78, 5) is 37.0. The fraction of sp³-hybridized carbons (Fsp3) is 0.414. The van der Waals surface area contributed by atoms with E-state index in [2.05, 4.69) is 25.3 Å². The number of hydrogen-bond acceptors (Lipinski definition) is 7. The first-order valence-corrected chi connectivity index (χ1v) is 13.3. The van der Waals surface area contributed by atoms with Crippen molar-refractivity contribution in [2.75, 3.05) is 19.6 Å². The first kappa shape index (κ1) is 25.5. The molecule has 3 aliphatic rings. The molecule has 3 fully saturated rings. The molecule has 6 rings (SSSR count). The molecule has 39 heavy (non-hydrogen) atoms. The van der Waals surface area contributed by atoms with Gasteiger partial charge in [0.25, 0.3) is 0 Å². The molecular weight excluding hydrogens is 504 g/mol. The molecule has 3 aromatic rings. The molecule has 2 aliphatic carbocycles. The van der Waals surface area contributed by atoms with Crippen molar-refractivity contribution in [3.05, 3.63) is 78.0 Å². The Morgan fingerprint density at radius 1 is 1.13 bits per heavy atom. The maximum atomic E-state index is 14.1. The van der Waals surface area contributed by atoms with E-state index < -0.39 is 17.2 Å². The summed E-state index contributed by atoms with van der Waals surface area (Å²) in [5.41, 5.74) is -0.691. The second kappa shape index (κ2) is 10.1. The van der Waals surface area contributed by atoms with E-state index in [9.17, 15) is 18.4 Å². The average molecular weight is 534 g/mol. The van der Waals surface area contributed by atoms with Gasteiger partial charge in [-0.2, -0.15) is 0 Å². The van der Waals surface area contributed by atoms with E-state index in [1.54, 1.807) is 24.5 Å². The summed E-state index contributed by atoms with van der Waals surface area (Å²) >= 11 is 0. The van der Waals surface area contributed by atoms with Gasteiger partial charge >= 0.3 is 0 Å². The van der Waals surface area contributed by atoms with Crippen LogP contribution in [0.25, 0.3) is 11.3 Å². The van der Waals surface area contributed by atoms with E-state index in [0.717, 1.165) is 50.5 Å². The van der Waals surface area contributed by atoms with Gasteiger partial charge in [0.1, 0.15) is 11.6 Å². The van der Waals surface area contributed by atoms with Crippen LogP contribution in [0.5, 0.6) is 0 Å². The highest BCUT2D eigenvalue weighted by atomic mass is 19.1. The molecule has 10 heteroatoms. The Kier molecular flexibility index (Phi) is 6.58. The Labute approximate surface area is 224 Å². The van der Waals surface area contributed by atoms with Gasteiger partial charge in [-0.3, -0.25) is 9.59 Å². The van der Waals surface area contributed by atoms with Crippen LogP contribution in [-0.2, 0) is 10.3 Å². The third-order valence-electron chi connectivity index (χ3n) is 7.77. The van der Waals surface area contributed by atoms with Crippen LogP contribution < -0.4 is 5.32 Å². The maximum absolute atomic E-state index is 14.1. The van der Waals surface area contributed by atoms with Crippen molar-refractivity contribution in [2.45, 2.75) is 44.1 Å². The number of halogens is 2. The normalized spacial score (nSPS) is 19.5. The van der Waals surface area contributed by atoms with Crippen molar-refractivity contribution in [1.82, 2.24) is 25.3 Å². The molecule has 1 N–H and O–H groups in total. The van der Waals surface area contributed by atoms with Crippen molar-refractivity contribution < 1.29 is 22.9 Å². The van der Waals surface area contributed by atoms with Crippen LogP contribution in [0.4, 0.5) is 8.78 Å². The zero-order valence-corrected chi connectivity index (χ0v) is 21.4. The molecule has 0 unspecified atom stereocenters. The molecule has 3 heterocycles. The van der Waals surface area contributed by atoms with Crippen molar-refractivity contribution in [2.24, 2.45) is 11.3 Å². The number of amides is 1. The van der Waals surface area contributed by atoms with Gasteiger partial charge in [-0.15, -0.1) is 0 Å². The van der Waals surface area contributed by atoms with Gasteiger partial charge in [0, 0.05) is 56.0 Å². The first-order valence-electron chi connectivity index (χ1n) is 13.3. The summed E-state index contributed by atoms with van der Waals surface area (Å²) in [7, 11) is 0. The number of carbonyl (C=O) groups is 2. The third kappa shape index (κ3) is 5.66. The number of likely N-dealkylation sites (tertiary alicyclic amines) is 1. The van der Waals surface area contributed by atoms with Crippen LogP contribution in [0.15, 0.2) is 59.4 Å². The minimum atomic E-state index is -0.798. The van der Waals surface area contributed by atoms with E-state index in [1.807, 2.05) is 0 Å². The predicted octanol–water partition coefficient (Wildman–Crippen LogP) is 4.45. The highest BCUT2D eigenvalue weighted by molar-refractivity contribution is 6.03. The first-order chi connectivity index (χ1) is 18.8. The topological polar surface area (TPSA) is 101 Å². The number of rotatable bonds is 11. The fourth-order valence-electron chi connectivity index (χ4n) is 5.45. The lowest BCUT2D eigenvalue weighted by molar-refractivity contribution is -0.128. The summed E-state index contributed by atoms with van der Waals surface area (Å²) in [6.45, 7) is 2.64. The summed E-state index contributed by atoms with van der Waals surface area (Å²) in [6, 6.07) is 6.20. The summed E-state index contributed by atoms with van der Waals surface area (Å²) in [5.74, 6) is -0.477. The van der Waals surface area contributed by atoms with Crippen LogP contribution in [-0.4, -0.2) is 51.3 Å². The second-order valence-corrected chi connectivity index (χ2v) is 11.2. The van der Waals surface area contributed by atoms with Crippen LogP contribution in [0.3, 0.4) is 0 Å².